The van der Waals surface area contributed by atoms with Crippen LogP contribution in [0.5, 0.6) is 0 Å². The maximum absolute atomic E-state index is 12.5. The van der Waals surface area contributed by atoms with E-state index in [9.17, 15) is 20.0 Å². The van der Waals surface area contributed by atoms with Crippen molar-refractivity contribution in [3.05, 3.63) is 52.1 Å². The molecule has 2 N–H and O–H groups in total. The molecule has 3 rings (SSSR count). The molecular weight excluding hydrogens is 348 g/mol. The molecule has 1 aliphatic carbocycles. The lowest BCUT2D eigenvalue weighted by atomic mass is 9.94. The van der Waals surface area contributed by atoms with Gasteiger partial charge < -0.3 is 15.0 Å². The van der Waals surface area contributed by atoms with Crippen LogP contribution in [0.3, 0.4) is 0 Å². The van der Waals surface area contributed by atoms with Gasteiger partial charge in [-0.25, -0.2) is 4.98 Å². The highest BCUT2D eigenvalue weighted by Gasteiger charge is 2.29. The zero-order valence-electron chi connectivity index (χ0n) is 15.4. The minimum Gasteiger partial charge on any atom is -0.388 e. The molecule has 1 heterocycles. The molecule has 1 aromatic heterocycles. The monoisotopic (exact) mass is 372 g/mol. The number of carbonyl (C=O) groups is 1. The van der Waals surface area contributed by atoms with E-state index in [4.69, 9.17) is 0 Å². The predicted molar refractivity (Wildman–Crippen MR) is 101 cm³/mol. The first-order valence-corrected chi connectivity index (χ1v) is 9.16. The Morgan fingerprint density at radius 2 is 2.04 bits per heavy atom. The van der Waals surface area contributed by atoms with Crippen molar-refractivity contribution in [2.75, 3.05) is 11.9 Å². The number of carbonyl (C=O) groups excluding carboxylic acids is 1. The summed E-state index contributed by atoms with van der Waals surface area (Å²) in [5.74, 6) is -0.155. The quantitative estimate of drug-likeness (QED) is 0.349. The molecular formula is C19H24N4O4. The number of benzene rings is 1. The van der Waals surface area contributed by atoms with Crippen LogP contribution in [0.2, 0.25) is 0 Å². The summed E-state index contributed by atoms with van der Waals surface area (Å²) in [4.78, 5) is 27.5. The van der Waals surface area contributed by atoms with Gasteiger partial charge in [-0.1, -0.05) is 25.7 Å². The molecule has 1 fully saturated rings. The predicted octanol–water partition coefficient (Wildman–Crippen LogP) is 3.06. The highest BCUT2D eigenvalue weighted by molar-refractivity contribution is 6.07. The average molecular weight is 372 g/mol. The lowest BCUT2D eigenvalue weighted by molar-refractivity contribution is -0.384. The van der Waals surface area contributed by atoms with Crippen LogP contribution in [-0.4, -0.2) is 37.5 Å². The van der Waals surface area contributed by atoms with E-state index in [2.05, 4.69) is 10.3 Å². The van der Waals surface area contributed by atoms with E-state index in [1.165, 1.54) is 18.3 Å². The van der Waals surface area contributed by atoms with Gasteiger partial charge in [0.25, 0.3) is 5.69 Å². The van der Waals surface area contributed by atoms with Crippen LogP contribution < -0.4 is 5.32 Å². The molecule has 27 heavy (non-hydrogen) atoms. The van der Waals surface area contributed by atoms with Crippen LogP contribution in [-0.2, 0) is 7.05 Å². The molecule has 0 radical (unpaired) electrons. The van der Waals surface area contributed by atoms with Gasteiger partial charge in [-0.2, -0.15) is 0 Å². The SMILES string of the molecule is Cn1ccnc1C(=O)c1ccc(NCC2(O)CCCCCC2)c([N+](=O)[O-])c1. The second-order valence-electron chi connectivity index (χ2n) is 7.17. The topological polar surface area (TPSA) is 110 Å². The Morgan fingerprint density at radius 3 is 2.63 bits per heavy atom. The van der Waals surface area contributed by atoms with Crippen molar-refractivity contribution in [3.8, 4) is 0 Å². The number of hydrogen-bond acceptors (Lipinski definition) is 6. The number of rotatable bonds is 6. The van der Waals surface area contributed by atoms with Gasteiger partial charge >= 0.3 is 0 Å². The molecule has 0 atom stereocenters. The van der Waals surface area contributed by atoms with E-state index in [0.717, 1.165) is 25.7 Å². The van der Waals surface area contributed by atoms with Crippen LogP contribution in [0, 0.1) is 10.1 Å². The lowest BCUT2D eigenvalue weighted by Gasteiger charge is -2.27. The first-order chi connectivity index (χ1) is 12.9. The first-order valence-electron chi connectivity index (χ1n) is 9.16. The van der Waals surface area contributed by atoms with E-state index >= 15 is 0 Å². The second kappa shape index (κ2) is 7.87. The van der Waals surface area contributed by atoms with Crippen LogP contribution in [0.25, 0.3) is 0 Å². The Balaban J connectivity index is 1.81. The fourth-order valence-corrected chi connectivity index (χ4v) is 3.51. The fourth-order valence-electron chi connectivity index (χ4n) is 3.51. The molecule has 0 unspecified atom stereocenters. The Labute approximate surface area is 157 Å². The minimum absolute atomic E-state index is 0.188. The number of aliphatic hydroxyl groups is 1. The largest absolute Gasteiger partial charge is 0.388 e. The van der Waals surface area contributed by atoms with Crippen LogP contribution in [0.1, 0.15) is 54.7 Å². The van der Waals surface area contributed by atoms with Crippen molar-refractivity contribution in [1.82, 2.24) is 9.55 Å². The Kier molecular flexibility index (Phi) is 5.55. The summed E-state index contributed by atoms with van der Waals surface area (Å²) in [6.45, 7) is 0.250. The molecule has 0 spiro atoms. The number of aromatic nitrogens is 2. The van der Waals surface area contributed by atoms with Gasteiger partial charge in [0.1, 0.15) is 5.69 Å². The fraction of sp³-hybridized carbons (Fsp3) is 0.474. The number of ketones is 1. The molecule has 0 saturated heterocycles. The molecule has 1 saturated carbocycles. The maximum atomic E-state index is 12.5. The number of imidazole rings is 1. The van der Waals surface area contributed by atoms with Crippen molar-refractivity contribution in [1.29, 1.82) is 0 Å². The molecule has 0 aliphatic heterocycles. The highest BCUT2D eigenvalue weighted by Crippen LogP contribution is 2.30. The summed E-state index contributed by atoms with van der Waals surface area (Å²) < 4.78 is 1.57. The van der Waals surface area contributed by atoms with Gasteiger partial charge in [-0.05, 0) is 25.0 Å². The Morgan fingerprint density at radius 1 is 1.33 bits per heavy atom. The molecule has 0 amide bonds. The zero-order valence-corrected chi connectivity index (χ0v) is 15.4. The van der Waals surface area contributed by atoms with Gasteiger partial charge in [0.05, 0.1) is 10.5 Å². The molecule has 1 aromatic carbocycles. The molecule has 0 bridgehead atoms. The Bertz CT molecular complexity index is 838. The van der Waals surface area contributed by atoms with Crippen molar-refractivity contribution >= 4 is 17.2 Å². The molecule has 8 nitrogen and oxygen atoms in total. The van der Waals surface area contributed by atoms with Crippen molar-refractivity contribution < 1.29 is 14.8 Å². The van der Waals surface area contributed by atoms with E-state index in [0.29, 0.717) is 18.5 Å². The van der Waals surface area contributed by atoms with Gasteiger partial charge in [0, 0.05) is 37.6 Å². The minimum atomic E-state index is -0.855. The van der Waals surface area contributed by atoms with Gasteiger partial charge in [-0.15, -0.1) is 0 Å². The second-order valence-corrected chi connectivity index (χ2v) is 7.17. The van der Waals surface area contributed by atoms with E-state index < -0.39 is 10.5 Å². The summed E-state index contributed by atoms with van der Waals surface area (Å²) >= 11 is 0. The summed E-state index contributed by atoms with van der Waals surface area (Å²) in [6, 6.07) is 4.33. The summed E-state index contributed by atoms with van der Waals surface area (Å²) in [5, 5.41) is 25.3. The zero-order chi connectivity index (χ0) is 19.4. The lowest BCUT2D eigenvalue weighted by Crippen LogP contribution is -2.36. The van der Waals surface area contributed by atoms with Crippen LogP contribution in [0.4, 0.5) is 11.4 Å². The standard InChI is InChI=1S/C19H24N4O4/c1-22-11-10-20-18(22)17(24)14-6-7-15(16(12-14)23(26)27)21-13-19(25)8-4-2-3-5-9-19/h6-7,10-12,21,25H,2-5,8-9,13H2,1H3. The number of hydrogen-bond donors (Lipinski definition) is 2. The van der Waals surface area contributed by atoms with Gasteiger partial charge in [0.2, 0.25) is 5.78 Å². The van der Waals surface area contributed by atoms with E-state index in [1.807, 2.05) is 0 Å². The maximum Gasteiger partial charge on any atom is 0.293 e. The summed E-state index contributed by atoms with van der Waals surface area (Å²) in [5.41, 5.74) is -0.540. The van der Waals surface area contributed by atoms with Crippen LogP contribution >= 0.6 is 0 Å². The van der Waals surface area contributed by atoms with E-state index in [-0.39, 0.29) is 29.4 Å². The number of nitro benzene ring substituents is 1. The normalized spacial score (nSPS) is 16.5. The van der Waals surface area contributed by atoms with Crippen molar-refractivity contribution in [2.45, 2.75) is 44.1 Å². The number of nitro groups is 1. The first kappa shape index (κ1) is 19.0. The Hall–Kier alpha value is -2.74. The van der Waals surface area contributed by atoms with E-state index in [1.54, 1.807) is 23.9 Å². The number of nitrogens with zero attached hydrogens (tertiary/aromatic N) is 3. The van der Waals surface area contributed by atoms with Crippen molar-refractivity contribution in [2.24, 2.45) is 7.05 Å². The molecule has 8 heteroatoms. The molecule has 1 aliphatic rings. The summed E-state index contributed by atoms with van der Waals surface area (Å²) in [7, 11) is 1.69. The van der Waals surface area contributed by atoms with Crippen LogP contribution in [0.15, 0.2) is 30.6 Å². The third-order valence-corrected chi connectivity index (χ3v) is 5.12. The molecule has 2 aromatic rings. The smallest absolute Gasteiger partial charge is 0.293 e. The number of nitrogens with one attached hydrogen (secondary N) is 1. The number of anilines is 1. The average Bonchev–Trinajstić information content (AvgIpc) is 2.96. The van der Waals surface area contributed by atoms with Gasteiger partial charge in [0.15, 0.2) is 5.82 Å². The van der Waals surface area contributed by atoms with Gasteiger partial charge in [-0.3, -0.25) is 14.9 Å². The van der Waals surface area contributed by atoms with Crippen molar-refractivity contribution in [3.63, 3.8) is 0 Å². The highest BCUT2D eigenvalue weighted by atomic mass is 16.6. The third kappa shape index (κ3) is 4.33. The molecule has 144 valence electrons. The third-order valence-electron chi connectivity index (χ3n) is 5.12. The number of aryl methyl sites for hydroxylation is 1. The summed E-state index contributed by atoms with van der Waals surface area (Å²) in [6.07, 6.45) is 8.64.